The zero-order valence-electron chi connectivity index (χ0n) is 7.12. The Kier molecular flexibility index (Phi) is 2.95. The average molecular weight is 236 g/mol. The molecule has 1 rings (SSSR count). The number of rotatable bonds is 2. The second-order valence-corrected chi connectivity index (χ2v) is 2.40. The summed E-state index contributed by atoms with van der Waals surface area (Å²) in [6, 6.07) is 0. The highest BCUT2D eigenvalue weighted by atomic mass is 19.2. The van der Waals surface area contributed by atoms with Crippen molar-refractivity contribution in [2.75, 3.05) is 0 Å². The number of hydrogen-bond donors (Lipinski definition) is 0. The first kappa shape index (κ1) is 11.7. The van der Waals surface area contributed by atoms with Crippen molar-refractivity contribution in [1.29, 1.82) is 0 Å². The van der Waals surface area contributed by atoms with Gasteiger partial charge in [0.2, 0.25) is 17.5 Å². The van der Waals surface area contributed by atoms with Crippen LogP contribution in [0.1, 0.15) is 0 Å². The van der Waals surface area contributed by atoms with Gasteiger partial charge in [0.25, 0.3) is 0 Å². The molecule has 0 atom stereocenters. The van der Waals surface area contributed by atoms with Crippen LogP contribution in [0.3, 0.4) is 0 Å². The predicted molar refractivity (Wildman–Crippen MR) is 41.7 cm³/mol. The van der Waals surface area contributed by atoms with Gasteiger partial charge < -0.3 is 0 Å². The SMILES string of the molecule is [N-]=[N+]=Nc1c(F)c(F)c(F)c([N+](=O)[O-])c1F. The first-order valence-electron chi connectivity index (χ1n) is 3.47. The smallest absolute Gasteiger partial charge is 0.258 e. The number of halogens is 4. The van der Waals surface area contributed by atoms with Crippen LogP contribution in [-0.4, -0.2) is 4.92 Å². The molecule has 6 nitrogen and oxygen atoms in total. The van der Waals surface area contributed by atoms with Crippen molar-refractivity contribution >= 4 is 11.4 Å². The molecule has 0 aliphatic rings. The summed E-state index contributed by atoms with van der Waals surface area (Å²) in [6.45, 7) is 0. The van der Waals surface area contributed by atoms with E-state index in [1.54, 1.807) is 0 Å². The summed E-state index contributed by atoms with van der Waals surface area (Å²) in [7, 11) is 0. The van der Waals surface area contributed by atoms with E-state index in [0.29, 0.717) is 0 Å². The maximum absolute atomic E-state index is 13.1. The minimum Gasteiger partial charge on any atom is -0.258 e. The minimum absolute atomic E-state index is 1.59. The zero-order chi connectivity index (χ0) is 12.5. The van der Waals surface area contributed by atoms with Gasteiger partial charge in [0, 0.05) is 4.91 Å². The Bertz CT molecular complexity index is 497. The largest absolute Gasteiger partial charge is 0.343 e. The van der Waals surface area contributed by atoms with Crippen LogP contribution in [0.15, 0.2) is 5.11 Å². The number of nitro benzene ring substituents is 1. The number of hydrogen-bond acceptors (Lipinski definition) is 3. The van der Waals surface area contributed by atoms with Crippen molar-refractivity contribution in [2.24, 2.45) is 5.11 Å². The third-order valence-corrected chi connectivity index (χ3v) is 1.54. The van der Waals surface area contributed by atoms with Gasteiger partial charge in [-0.3, -0.25) is 10.1 Å². The van der Waals surface area contributed by atoms with E-state index in [4.69, 9.17) is 5.53 Å². The summed E-state index contributed by atoms with van der Waals surface area (Å²) in [5, 5.41) is 12.5. The zero-order valence-corrected chi connectivity index (χ0v) is 7.12. The van der Waals surface area contributed by atoms with Crippen molar-refractivity contribution in [3.8, 4) is 0 Å². The van der Waals surface area contributed by atoms with Crippen LogP contribution in [0, 0.1) is 33.4 Å². The molecule has 0 bridgehead atoms. The number of nitrogens with zero attached hydrogens (tertiary/aromatic N) is 4. The van der Waals surface area contributed by atoms with Gasteiger partial charge in [-0.1, -0.05) is 5.11 Å². The topological polar surface area (TPSA) is 91.9 Å². The number of nitro groups is 1. The molecule has 0 spiro atoms. The highest BCUT2D eigenvalue weighted by molar-refractivity contribution is 5.51. The van der Waals surface area contributed by atoms with Gasteiger partial charge >= 0.3 is 5.69 Å². The second kappa shape index (κ2) is 4.03. The maximum atomic E-state index is 13.1. The van der Waals surface area contributed by atoms with Crippen molar-refractivity contribution < 1.29 is 22.5 Å². The molecular formula is C6F4N4O2. The Labute approximate surface area is 83.9 Å². The average Bonchev–Trinajstić information content (AvgIpc) is 2.21. The Morgan fingerprint density at radius 3 is 2.12 bits per heavy atom. The third-order valence-electron chi connectivity index (χ3n) is 1.54. The summed E-state index contributed by atoms with van der Waals surface area (Å²) < 4.78 is 51.3. The summed E-state index contributed by atoms with van der Waals surface area (Å²) in [4.78, 5) is 10.5. The van der Waals surface area contributed by atoms with Crippen molar-refractivity contribution in [1.82, 2.24) is 0 Å². The van der Waals surface area contributed by atoms with Crippen LogP contribution in [0.5, 0.6) is 0 Å². The lowest BCUT2D eigenvalue weighted by Crippen LogP contribution is -2.03. The molecule has 0 aliphatic carbocycles. The molecular weight excluding hydrogens is 236 g/mol. The van der Waals surface area contributed by atoms with Gasteiger partial charge in [-0.2, -0.15) is 8.78 Å². The van der Waals surface area contributed by atoms with E-state index < -0.39 is 39.6 Å². The molecule has 0 radical (unpaired) electrons. The molecule has 1 aromatic carbocycles. The van der Waals surface area contributed by atoms with E-state index >= 15 is 0 Å². The van der Waals surface area contributed by atoms with E-state index in [-0.39, 0.29) is 0 Å². The maximum Gasteiger partial charge on any atom is 0.343 e. The van der Waals surface area contributed by atoms with Gasteiger partial charge in [-0.15, -0.1) is 0 Å². The molecule has 16 heavy (non-hydrogen) atoms. The first-order chi connectivity index (χ1) is 7.41. The number of azide groups is 1. The van der Waals surface area contributed by atoms with Crippen LogP contribution in [0.25, 0.3) is 10.4 Å². The van der Waals surface area contributed by atoms with E-state index in [9.17, 15) is 27.7 Å². The Balaban J connectivity index is 3.79. The van der Waals surface area contributed by atoms with Crippen LogP contribution in [0.2, 0.25) is 0 Å². The molecule has 0 N–H and O–H groups in total. The van der Waals surface area contributed by atoms with Crippen molar-refractivity contribution in [3.05, 3.63) is 43.8 Å². The standard InChI is InChI=1S/C6F4N4O2/c7-1-2(8)5(12-13-11)4(10)6(3(1)9)14(15)16. The first-order valence-corrected chi connectivity index (χ1v) is 3.47. The minimum atomic E-state index is -2.29. The Morgan fingerprint density at radius 2 is 1.69 bits per heavy atom. The fourth-order valence-corrected chi connectivity index (χ4v) is 0.902. The van der Waals surface area contributed by atoms with Gasteiger partial charge in [-0.05, 0) is 5.53 Å². The highest BCUT2D eigenvalue weighted by Gasteiger charge is 2.32. The summed E-state index contributed by atoms with van der Waals surface area (Å²) >= 11 is 0. The molecule has 0 heterocycles. The van der Waals surface area contributed by atoms with E-state index in [1.165, 1.54) is 0 Å². The lowest BCUT2D eigenvalue weighted by atomic mass is 10.2. The van der Waals surface area contributed by atoms with Crippen molar-refractivity contribution in [3.63, 3.8) is 0 Å². The van der Waals surface area contributed by atoms with Crippen molar-refractivity contribution in [2.45, 2.75) is 0 Å². The summed E-state index contributed by atoms with van der Waals surface area (Å²) in [6.07, 6.45) is 0. The Hall–Kier alpha value is -2.35. The van der Waals surface area contributed by atoms with Crippen LogP contribution < -0.4 is 0 Å². The predicted octanol–water partition coefficient (Wildman–Crippen LogP) is 3.09. The van der Waals surface area contributed by atoms with E-state index in [2.05, 4.69) is 5.11 Å². The molecule has 0 amide bonds. The van der Waals surface area contributed by atoms with Gasteiger partial charge in [-0.25, -0.2) is 8.78 Å². The molecule has 84 valence electrons. The van der Waals surface area contributed by atoms with Crippen LogP contribution >= 0.6 is 0 Å². The van der Waals surface area contributed by atoms with Crippen LogP contribution in [0.4, 0.5) is 28.9 Å². The molecule has 0 saturated carbocycles. The number of benzene rings is 1. The summed E-state index contributed by atoms with van der Waals surface area (Å²) in [5.74, 6) is -8.77. The van der Waals surface area contributed by atoms with Crippen LogP contribution in [-0.2, 0) is 0 Å². The molecule has 0 fully saturated rings. The Morgan fingerprint density at radius 1 is 1.12 bits per heavy atom. The third kappa shape index (κ3) is 1.61. The molecule has 0 aromatic heterocycles. The molecule has 0 saturated heterocycles. The highest BCUT2D eigenvalue weighted by Crippen LogP contribution is 2.34. The lowest BCUT2D eigenvalue weighted by molar-refractivity contribution is -0.390. The summed E-state index contributed by atoms with van der Waals surface area (Å²) in [5.41, 5.74) is 4.39. The molecule has 10 heteroatoms. The van der Waals surface area contributed by atoms with Gasteiger partial charge in [0.05, 0.1) is 4.92 Å². The fourth-order valence-electron chi connectivity index (χ4n) is 0.902. The lowest BCUT2D eigenvalue weighted by Gasteiger charge is -2.02. The van der Waals surface area contributed by atoms with E-state index in [0.717, 1.165) is 0 Å². The second-order valence-electron chi connectivity index (χ2n) is 2.40. The molecule has 0 aliphatic heterocycles. The fraction of sp³-hybridized carbons (Fsp3) is 0. The molecule has 0 unspecified atom stereocenters. The van der Waals surface area contributed by atoms with Gasteiger partial charge in [0.1, 0.15) is 5.69 Å². The van der Waals surface area contributed by atoms with Gasteiger partial charge in [0.15, 0.2) is 5.82 Å². The molecule has 1 aromatic rings. The monoisotopic (exact) mass is 236 g/mol. The quantitative estimate of drug-likeness (QED) is 0.115. The normalized spacial score (nSPS) is 9.75. The van der Waals surface area contributed by atoms with E-state index in [1.807, 2.05) is 4.91 Å².